The molecule has 182 valence electrons. The molecule has 3 aromatic rings. The minimum atomic E-state index is -0.315. The number of aryl methyl sites for hydroxylation is 1. The average Bonchev–Trinajstić information content (AvgIpc) is 2.87. The number of ether oxygens (including phenoxy) is 4. The number of hydrogen-bond donors (Lipinski definition) is 1. The monoisotopic (exact) mass is 476 g/mol. The lowest BCUT2D eigenvalue weighted by Crippen LogP contribution is -2.39. The molecule has 0 fully saturated rings. The molecule has 1 aliphatic heterocycles. The van der Waals surface area contributed by atoms with Gasteiger partial charge in [-0.05, 0) is 49.7 Å². The average molecular weight is 477 g/mol. The van der Waals surface area contributed by atoms with Gasteiger partial charge >= 0.3 is 0 Å². The first-order valence-electron chi connectivity index (χ1n) is 11.4. The molecule has 1 heterocycles. The summed E-state index contributed by atoms with van der Waals surface area (Å²) in [5.41, 5.74) is 2.40. The number of methoxy groups -OCH3 is 1. The maximum atomic E-state index is 12.5. The number of benzene rings is 3. The van der Waals surface area contributed by atoms with Gasteiger partial charge in [-0.25, -0.2) is 0 Å². The van der Waals surface area contributed by atoms with Crippen LogP contribution in [0.5, 0.6) is 23.0 Å². The van der Waals surface area contributed by atoms with Crippen molar-refractivity contribution in [3.63, 3.8) is 0 Å². The maximum absolute atomic E-state index is 12.5. The summed E-state index contributed by atoms with van der Waals surface area (Å²) in [6, 6.07) is 20.1. The fraction of sp³-hybridized carbons (Fsp3) is 0.259. The minimum absolute atomic E-state index is 0.0534. The third-order valence-corrected chi connectivity index (χ3v) is 5.41. The lowest BCUT2D eigenvalue weighted by atomic mass is 10.2. The highest BCUT2D eigenvalue weighted by molar-refractivity contribution is 5.99. The summed E-state index contributed by atoms with van der Waals surface area (Å²) in [5.74, 6) is 2.10. The van der Waals surface area contributed by atoms with Gasteiger partial charge < -0.3 is 29.2 Å². The standard InChI is InChI=1S/C27H28N2O6/c1-19-7-10-21(11-8-19)33-14-4-13-29-24-12-9-20(15-25(24)35-18-27(29)31)28-26(30)17-34-23-6-3-5-22(16-23)32-2/h3,5-12,15-16H,4,13-14,17-18H2,1-2H3,(H,28,30). The lowest BCUT2D eigenvalue weighted by molar-refractivity contribution is -0.121. The molecule has 3 aromatic carbocycles. The summed E-state index contributed by atoms with van der Waals surface area (Å²) in [6.45, 7) is 2.81. The Morgan fingerprint density at radius 3 is 2.60 bits per heavy atom. The van der Waals surface area contributed by atoms with Crippen LogP contribution in [-0.2, 0) is 9.59 Å². The van der Waals surface area contributed by atoms with Crippen LogP contribution in [0, 0.1) is 6.92 Å². The maximum Gasteiger partial charge on any atom is 0.265 e. The van der Waals surface area contributed by atoms with E-state index in [9.17, 15) is 9.59 Å². The highest BCUT2D eigenvalue weighted by Gasteiger charge is 2.25. The van der Waals surface area contributed by atoms with Gasteiger partial charge in [0.1, 0.15) is 23.0 Å². The van der Waals surface area contributed by atoms with Crippen molar-refractivity contribution >= 4 is 23.2 Å². The molecule has 4 rings (SSSR count). The Hall–Kier alpha value is -4.20. The number of nitrogens with one attached hydrogen (secondary N) is 1. The van der Waals surface area contributed by atoms with Gasteiger partial charge in [-0.2, -0.15) is 0 Å². The number of nitrogens with zero attached hydrogens (tertiary/aromatic N) is 1. The molecule has 0 spiro atoms. The molecule has 1 aliphatic rings. The number of rotatable bonds is 10. The SMILES string of the molecule is COc1cccc(OCC(=O)Nc2ccc3c(c2)OCC(=O)N3CCCOc2ccc(C)cc2)c1. The first-order valence-corrected chi connectivity index (χ1v) is 11.4. The topological polar surface area (TPSA) is 86.3 Å². The Labute approximate surface area is 204 Å². The molecule has 0 aromatic heterocycles. The van der Waals surface area contributed by atoms with E-state index in [1.165, 1.54) is 5.56 Å². The molecule has 0 atom stereocenters. The van der Waals surface area contributed by atoms with Crippen LogP contribution in [0.25, 0.3) is 0 Å². The zero-order valence-corrected chi connectivity index (χ0v) is 19.8. The van der Waals surface area contributed by atoms with Gasteiger partial charge in [0.05, 0.1) is 19.4 Å². The largest absolute Gasteiger partial charge is 0.497 e. The van der Waals surface area contributed by atoms with Gasteiger partial charge in [-0.1, -0.05) is 23.8 Å². The molecule has 0 radical (unpaired) electrons. The number of carbonyl (C=O) groups excluding carboxylic acids is 2. The van der Waals surface area contributed by atoms with Crippen LogP contribution in [0.2, 0.25) is 0 Å². The van der Waals surface area contributed by atoms with Gasteiger partial charge in [-0.3, -0.25) is 9.59 Å². The van der Waals surface area contributed by atoms with E-state index in [-0.39, 0.29) is 25.0 Å². The summed E-state index contributed by atoms with van der Waals surface area (Å²) in [5, 5.41) is 2.79. The van der Waals surface area contributed by atoms with E-state index in [0.717, 1.165) is 5.75 Å². The predicted molar refractivity (Wildman–Crippen MR) is 133 cm³/mol. The second-order valence-corrected chi connectivity index (χ2v) is 8.05. The molecule has 0 saturated heterocycles. The van der Waals surface area contributed by atoms with Crippen molar-refractivity contribution < 1.29 is 28.5 Å². The third-order valence-electron chi connectivity index (χ3n) is 5.41. The molecule has 0 unspecified atom stereocenters. The van der Waals surface area contributed by atoms with Crippen LogP contribution in [-0.4, -0.2) is 45.3 Å². The molecule has 2 amide bonds. The summed E-state index contributed by atoms with van der Waals surface area (Å²) >= 11 is 0. The third kappa shape index (κ3) is 6.44. The normalized spacial score (nSPS) is 12.4. The molecule has 8 nitrogen and oxygen atoms in total. The second kappa shape index (κ2) is 11.3. The van der Waals surface area contributed by atoms with Gasteiger partial charge in [-0.15, -0.1) is 0 Å². The van der Waals surface area contributed by atoms with Gasteiger partial charge in [0.2, 0.25) is 0 Å². The van der Waals surface area contributed by atoms with Crippen molar-refractivity contribution in [2.75, 3.05) is 43.7 Å². The minimum Gasteiger partial charge on any atom is -0.497 e. The van der Waals surface area contributed by atoms with Crippen LogP contribution in [0.15, 0.2) is 66.7 Å². The highest BCUT2D eigenvalue weighted by atomic mass is 16.5. The van der Waals surface area contributed by atoms with E-state index in [1.54, 1.807) is 54.5 Å². The van der Waals surface area contributed by atoms with Crippen molar-refractivity contribution in [1.29, 1.82) is 0 Å². The van der Waals surface area contributed by atoms with Crippen molar-refractivity contribution in [3.05, 3.63) is 72.3 Å². The molecule has 0 saturated carbocycles. The van der Waals surface area contributed by atoms with Crippen LogP contribution in [0.1, 0.15) is 12.0 Å². The lowest BCUT2D eigenvalue weighted by Gasteiger charge is -2.29. The summed E-state index contributed by atoms with van der Waals surface area (Å²) in [4.78, 5) is 26.5. The summed E-state index contributed by atoms with van der Waals surface area (Å²) in [7, 11) is 1.57. The van der Waals surface area contributed by atoms with Crippen LogP contribution in [0.3, 0.4) is 0 Å². The summed E-state index contributed by atoms with van der Waals surface area (Å²) < 4.78 is 22.1. The fourth-order valence-electron chi connectivity index (χ4n) is 3.61. The van der Waals surface area contributed by atoms with Crippen LogP contribution in [0.4, 0.5) is 11.4 Å². The number of carbonyl (C=O) groups is 2. The Bertz CT molecular complexity index is 1180. The smallest absolute Gasteiger partial charge is 0.265 e. The van der Waals surface area contributed by atoms with Crippen molar-refractivity contribution in [1.82, 2.24) is 0 Å². The molecular weight excluding hydrogens is 448 g/mol. The van der Waals surface area contributed by atoms with E-state index >= 15 is 0 Å². The molecule has 35 heavy (non-hydrogen) atoms. The number of anilines is 2. The van der Waals surface area contributed by atoms with Gasteiger partial charge in [0.25, 0.3) is 11.8 Å². The molecular formula is C27H28N2O6. The van der Waals surface area contributed by atoms with E-state index in [2.05, 4.69) is 5.32 Å². The van der Waals surface area contributed by atoms with Crippen LogP contribution >= 0.6 is 0 Å². The van der Waals surface area contributed by atoms with E-state index < -0.39 is 0 Å². The Kier molecular flexibility index (Phi) is 7.72. The quantitative estimate of drug-likeness (QED) is 0.441. The van der Waals surface area contributed by atoms with Crippen molar-refractivity contribution in [2.24, 2.45) is 0 Å². The Morgan fingerprint density at radius 1 is 1.00 bits per heavy atom. The highest BCUT2D eigenvalue weighted by Crippen LogP contribution is 2.34. The number of fused-ring (bicyclic) bond motifs is 1. The zero-order valence-electron chi connectivity index (χ0n) is 19.8. The van der Waals surface area contributed by atoms with Crippen molar-refractivity contribution in [2.45, 2.75) is 13.3 Å². The van der Waals surface area contributed by atoms with E-state index in [1.807, 2.05) is 31.2 Å². The molecule has 0 aliphatic carbocycles. The fourth-order valence-corrected chi connectivity index (χ4v) is 3.61. The zero-order chi connectivity index (χ0) is 24.6. The van der Waals surface area contributed by atoms with E-state index in [4.69, 9.17) is 18.9 Å². The Balaban J connectivity index is 1.30. The Morgan fingerprint density at radius 2 is 1.80 bits per heavy atom. The van der Waals surface area contributed by atoms with Crippen molar-refractivity contribution in [3.8, 4) is 23.0 Å². The first-order chi connectivity index (χ1) is 17.0. The van der Waals surface area contributed by atoms with Gasteiger partial charge in [0, 0.05) is 24.4 Å². The van der Waals surface area contributed by atoms with E-state index in [0.29, 0.717) is 48.2 Å². The second-order valence-electron chi connectivity index (χ2n) is 8.05. The molecule has 8 heteroatoms. The number of hydrogen-bond acceptors (Lipinski definition) is 6. The summed E-state index contributed by atoms with van der Waals surface area (Å²) in [6.07, 6.45) is 0.666. The molecule has 1 N–H and O–H groups in total. The molecule has 0 bridgehead atoms. The first kappa shape index (κ1) is 23.9. The van der Waals surface area contributed by atoms with Crippen LogP contribution < -0.4 is 29.2 Å². The predicted octanol–water partition coefficient (Wildman–Crippen LogP) is 4.22. The van der Waals surface area contributed by atoms with Gasteiger partial charge in [0.15, 0.2) is 13.2 Å². The number of amides is 2.